The van der Waals surface area contributed by atoms with E-state index in [1.165, 1.54) is 0 Å². The number of carbonyl (C=O) groups is 1. The fourth-order valence-corrected chi connectivity index (χ4v) is 1.48. The standard InChI is InChI=1S/C14H22O6/c1-13(2,3)20-12(16)17-8-6-7-10(15)11-9-18-14(4,5)19-11/h10-11,15H,8-9H2,1-5H3/t10-,11+/m0/s1. The van der Waals surface area contributed by atoms with Gasteiger partial charge in [0.25, 0.3) is 0 Å². The van der Waals surface area contributed by atoms with Crippen LogP contribution in [0, 0.1) is 11.8 Å². The van der Waals surface area contributed by atoms with E-state index in [2.05, 4.69) is 11.8 Å². The van der Waals surface area contributed by atoms with Crippen molar-refractivity contribution in [3.8, 4) is 11.8 Å². The van der Waals surface area contributed by atoms with Crippen LogP contribution in [0.1, 0.15) is 34.6 Å². The lowest BCUT2D eigenvalue weighted by Crippen LogP contribution is -2.29. The van der Waals surface area contributed by atoms with E-state index in [-0.39, 0.29) is 13.2 Å². The number of aliphatic hydroxyl groups excluding tert-OH is 1. The van der Waals surface area contributed by atoms with Crippen LogP contribution in [0.15, 0.2) is 0 Å². The van der Waals surface area contributed by atoms with Crippen LogP contribution in [0.25, 0.3) is 0 Å². The molecule has 1 aliphatic heterocycles. The average Bonchev–Trinajstić information content (AvgIpc) is 2.62. The Labute approximate surface area is 119 Å². The molecule has 0 saturated carbocycles. The third-order valence-corrected chi connectivity index (χ3v) is 2.28. The first-order chi connectivity index (χ1) is 9.09. The molecule has 0 aromatic rings. The summed E-state index contributed by atoms with van der Waals surface area (Å²) in [6.07, 6.45) is -2.28. The Balaban J connectivity index is 2.31. The molecule has 1 fully saturated rings. The predicted molar refractivity (Wildman–Crippen MR) is 70.9 cm³/mol. The van der Waals surface area contributed by atoms with Crippen molar-refractivity contribution >= 4 is 6.16 Å². The van der Waals surface area contributed by atoms with Crippen LogP contribution in [-0.2, 0) is 18.9 Å². The Bertz CT molecular complexity index is 398. The molecule has 1 saturated heterocycles. The highest BCUT2D eigenvalue weighted by atomic mass is 16.7. The zero-order valence-electron chi connectivity index (χ0n) is 12.6. The van der Waals surface area contributed by atoms with Gasteiger partial charge in [0.1, 0.15) is 17.8 Å². The monoisotopic (exact) mass is 286 g/mol. The molecular formula is C14H22O6. The van der Waals surface area contributed by atoms with Crippen molar-refractivity contribution in [3.63, 3.8) is 0 Å². The van der Waals surface area contributed by atoms with E-state index in [0.717, 1.165) is 0 Å². The van der Waals surface area contributed by atoms with Gasteiger partial charge in [0, 0.05) is 0 Å². The molecule has 0 amide bonds. The molecular weight excluding hydrogens is 264 g/mol. The van der Waals surface area contributed by atoms with Crippen LogP contribution in [0.2, 0.25) is 0 Å². The highest BCUT2D eigenvalue weighted by Crippen LogP contribution is 2.23. The minimum Gasteiger partial charge on any atom is -0.429 e. The van der Waals surface area contributed by atoms with Crippen molar-refractivity contribution in [3.05, 3.63) is 0 Å². The molecule has 0 aliphatic carbocycles. The van der Waals surface area contributed by atoms with Gasteiger partial charge < -0.3 is 24.1 Å². The summed E-state index contributed by atoms with van der Waals surface area (Å²) in [5.41, 5.74) is -0.607. The van der Waals surface area contributed by atoms with E-state index >= 15 is 0 Å². The van der Waals surface area contributed by atoms with Crippen LogP contribution < -0.4 is 0 Å². The fraction of sp³-hybridized carbons (Fsp3) is 0.786. The number of carbonyl (C=O) groups excluding carboxylic acids is 1. The molecule has 1 rings (SSSR count). The van der Waals surface area contributed by atoms with E-state index in [9.17, 15) is 9.90 Å². The molecule has 0 bridgehead atoms. The number of rotatable bonds is 2. The molecule has 2 atom stereocenters. The van der Waals surface area contributed by atoms with Crippen molar-refractivity contribution in [1.29, 1.82) is 0 Å². The number of hydrogen-bond donors (Lipinski definition) is 1. The third kappa shape index (κ3) is 6.24. The van der Waals surface area contributed by atoms with Gasteiger partial charge >= 0.3 is 6.16 Å². The normalized spacial score (nSPS) is 22.6. The van der Waals surface area contributed by atoms with Gasteiger partial charge in [-0.15, -0.1) is 0 Å². The SMILES string of the molecule is CC(C)(C)OC(=O)OCC#C[C@H](O)[C@H]1COC(C)(C)O1. The highest BCUT2D eigenvalue weighted by Gasteiger charge is 2.36. The topological polar surface area (TPSA) is 74.2 Å². The lowest BCUT2D eigenvalue weighted by molar-refractivity contribution is -0.146. The van der Waals surface area contributed by atoms with E-state index in [1.54, 1.807) is 34.6 Å². The van der Waals surface area contributed by atoms with Crippen LogP contribution in [0.5, 0.6) is 0 Å². The van der Waals surface area contributed by atoms with Gasteiger partial charge in [0.05, 0.1) is 6.61 Å². The molecule has 1 heterocycles. The molecule has 0 radical (unpaired) electrons. The fourth-order valence-electron chi connectivity index (χ4n) is 1.48. The zero-order chi connectivity index (χ0) is 15.4. The minimum atomic E-state index is -0.987. The number of ether oxygens (including phenoxy) is 4. The summed E-state index contributed by atoms with van der Waals surface area (Å²) < 4.78 is 20.5. The Morgan fingerprint density at radius 1 is 1.50 bits per heavy atom. The summed E-state index contributed by atoms with van der Waals surface area (Å²) in [6, 6.07) is 0. The Morgan fingerprint density at radius 3 is 2.65 bits per heavy atom. The van der Waals surface area contributed by atoms with Crippen LogP contribution in [0.3, 0.4) is 0 Å². The summed E-state index contributed by atoms with van der Waals surface area (Å²) >= 11 is 0. The maximum absolute atomic E-state index is 11.2. The van der Waals surface area contributed by atoms with Crippen molar-refractivity contribution in [2.75, 3.05) is 13.2 Å². The second-order valence-corrected chi connectivity index (χ2v) is 5.89. The van der Waals surface area contributed by atoms with Gasteiger partial charge in [0.15, 0.2) is 12.4 Å². The van der Waals surface area contributed by atoms with Crippen LogP contribution in [-0.4, -0.2) is 48.1 Å². The molecule has 6 nitrogen and oxygen atoms in total. The summed E-state index contributed by atoms with van der Waals surface area (Å²) in [5.74, 6) is 4.39. The lowest BCUT2D eigenvalue weighted by atomic mass is 10.2. The van der Waals surface area contributed by atoms with E-state index < -0.39 is 29.8 Å². The van der Waals surface area contributed by atoms with Gasteiger partial charge in [0.2, 0.25) is 0 Å². The van der Waals surface area contributed by atoms with Gasteiger partial charge in [-0.3, -0.25) is 0 Å². The lowest BCUT2D eigenvalue weighted by Gasteiger charge is -2.18. The molecule has 0 aromatic heterocycles. The van der Waals surface area contributed by atoms with Gasteiger partial charge in [-0.25, -0.2) is 4.79 Å². The predicted octanol–water partition coefficient (Wildman–Crippen LogP) is 1.45. The van der Waals surface area contributed by atoms with Gasteiger partial charge in [-0.2, -0.15) is 0 Å². The second kappa shape index (κ2) is 6.44. The summed E-state index contributed by atoms with van der Waals surface area (Å²) in [5, 5.41) is 9.78. The maximum Gasteiger partial charge on any atom is 0.509 e. The minimum absolute atomic E-state index is 0.150. The first-order valence-corrected chi connectivity index (χ1v) is 6.43. The van der Waals surface area contributed by atoms with Crippen LogP contribution in [0.4, 0.5) is 4.79 Å². The molecule has 1 aliphatic rings. The van der Waals surface area contributed by atoms with Gasteiger partial charge in [-0.05, 0) is 34.6 Å². The Morgan fingerprint density at radius 2 is 2.15 bits per heavy atom. The van der Waals surface area contributed by atoms with E-state index in [4.69, 9.17) is 18.9 Å². The second-order valence-electron chi connectivity index (χ2n) is 5.89. The maximum atomic E-state index is 11.2. The molecule has 0 spiro atoms. The van der Waals surface area contributed by atoms with Crippen molar-refractivity contribution in [2.45, 2.75) is 58.2 Å². The molecule has 20 heavy (non-hydrogen) atoms. The average molecular weight is 286 g/mol. The zero-order valence-corrected chi connectivity index (χ0v) is 12.6. The first kappa shape index (κ1) is 16.8. The number of hydrogen-bond acceptors (Lipinski definition) is 6. The largest absolute Gasteiger partial charge is 0.509 e. The molecule has 114 valence electrons. The first-order valence-electron chi connectivity index (χ1n) is 6.43. The summed E-state index contributed by atoms with van der Waals surface area (Å²) in [7, 11) is 0. The van der Waals surface area contributed by atoms with E-state index in [1.807, 2.05) is 0 Å². The highest BCUT2D eigenvalue weighted by molar-refractivity contribution is 5.60. The van der Waals surface area contributed by atoms with Crippen molar-refractivity contribution in [2.24, 2.45) is 0 Å². The third-order valence-electron chi connectivity index (χ3n) is 2.28. The Kier molecular flexibility index (Phi) is 5.40. The smallest absolute Gasteiger partial charge is 0.429 e. The van der Waals surface area contributed by atoms with Gasteiger partial charge in [-0.1, -0.05) is 11.8 Å². The molecule has 6 heteroatoms. The van der Waals surface area contributed by atoms with E-state index in [0.29, 0.717) is 0 Å². The molecule has 1 N–H and O–H groups in total. The van der Waals surface area contributed by atoms with Crippen LogP contribution >= 0.6 is 0 Å². The summed E-state index contributed by atoms with van der Waals surface area (Å²) in [4.78, 5) is 11.2. The quantitative estimate of drug-likeness (QED) is 0.612. The Hall–Kier alpha value is -1.29. The molecule has 0 unspecified atom stereocenters. The summed E-state index contributed by atoms with van der Waals surface area (Å²) in [6.45, 7) is 8.87. The van der Waals surface area contributed by atoms with Crippen molar-refractivity contribution < 1.29 is 28.8 Å². The van der Waals surface area contributed by atoms with Crippen molar-refractivity contribution in [1.82, 2.24) is 0 Å². The molecule has 0 aromatic carbocycles. The number of aliphatic hydroxyl groups is 1.